The molecule has 0 aliphatic carbocycles. The third kappa shape index (κ3) is 5.23. The highest BCUT2D eigenvalue weighted by Gasteiger charge is 2.12. The highest BCUT2D eigenvalue weighted by atomic mass is 14.2. The zero-order valence-electron chi connectivity index (χ0n) is 17.5. The summed E-state index contributed by atoms with van der Waals surface area (Å²) in [6.07, 6.45) is 4.74. The lowest BCUT2D eigenvalue weighted by Crippen LogP contribution is -1.96. The van der Waals surface area contributed by atoms with Crippen LogP contribution >= 0.6 is 0 Å². The number of hydrogen-bond donors (Lipinski definition) is 0. The summed E-state index contributed by atoms with van der Waals surface area (Å²) in [4.78, 5) is 0. The number of allylic oxidation sites excluding steroid dienone is 1. The van der Waals surface area contributed by atoms with Crippen molar-refractivity contribution >= 4 is 11.1 Å². The van der Waals surface area contributed by atoms with Crippen LogP contribution in [0.3, 0.4) is 0 Å². The van der Waals surface area contributed by atoms with Gasteiger partial charge in [0.2, 0.25) is 0 Å². The first-order chi connectivity index (χ1) is 13.7. The molecule has 144 valence electrons. The van der Waals surface area contributed by atoms with Gasteiger partial charge >= 0.3 is 0 Å². The smallest absolute Gasteiger partial charge is 0.00735 e. The van der Waals surface area contributed by atoms with E-state index in [-0.39, 0.29) is 0 Å². The molecule has 0 aliphatic heterocycles. The molecule has 0 amide bonds. The predicted molar refractivity (Wildman–Crippen MR) is 123 cm³/mol. The summed E-state index contributed by atoms with van der Waals surface area (Å²) >= 11 is 0. The van der Waals surface area contributed by atoms with Crippen molar-refractivity contribution in [1.82, 2.24) is 0 Å². The Bertz CT molecular complexity index is 868. The first-order valence-corrected chi connectivity index (χ1v) is 10.6. The van der Waals surface area contributed by atoms with Crippen molar-refractivity contribution in [2.24, 2.45) is 5.92 Å². The maximum Gasteiger partial charge on any atom is -0.00735 e. The maximum atomic E-state index is 2.32. The van der Waals surface area contributed by atoms with Crippen LogP contribution in [0.4, 0.5) is 0 Å². The second-order valence-corrected chi connectivity index (χ2v) is 7.92. The Kier molecular flexibility index (Phi) is 7.25. The number of aryl methyl sites for hydroxylation is 1. The highest BCUT2D eigenvalue weighted by molar-refractivity contribution is 5.98. The van der Waals surface area contributed by atoms with Crippen LogP contribution in [-0.4, -0.2) is 0 Å². The van der Waals surface area contributed by atoms with E-state index in [0.717, 1.165) is 12.3 Å². The standard InChI is InChI=1S/C28H32/c1-4-27(24-14-7-5-8-15-24)28(25-16-9-6-10-17-25)26-20-18-23(19-21-26)13-11-12-22(2)3/h5-10,14-22H,4,11-13H2,1-3H3/b28-27+. The molecule has 0 aromatic heterocycles. The Morgan fingerprint density at radius 2 is 1.21 bits per heavy atom. The van der Waals surface area contributed by atoms with Gasteiger partial charge in [-0.1, -0.05) is 112 Å². The molecule has 28 heavy (non-hydrogen) atoms. The van der Waals surface area contributed by atoms with Crippen LogP contribution in [0.2, 0.25) is 0 Å². The molecule has 0 aliphatic rings. The van der Waals surface area contributed by atoms with Crippen molar-refractivity contribution in [3.63, 3.8) is 0 Å². The van der Waals surface area contributed by atoms with Crippen LogP contribution in [0.5, 0.6) is 0 Å². The molecule has 0 nitrogen and oxygen atoms in total. The van der Waals surface area contributed by atoms with Gasteiger partial charge in [-0.2, -0.15) is 0 Å². The molecule has 3 aromatic carbocycles. The predicted octanol–water partition coefficient (Wildman–Crippen LogP) is 8.03. The molecule has 0 heteroatoms. The van der Waals surface area contributed by atoms with Crippen molar-refractivity contribution < 1.29 is 0 Å². The van der Waals surface area contributed by atoms with Gasteiger partial charge in [-0.15, -0.1) is 0 Å². The first-order valence-electron chi connectivity index (χ1n) is 10.6. The van der Waals surface area contributed by atoms with Gasteiger partial charge in [0.05, 0.1) is 0 Å². The summed E-state index contributed by atoms with van der Waals surface area (Å²) in [5.74, 6) is 0.782. The van der Waals surface area contributed by atoms with E-state index in [0.29, 0.717) is 0 Å². The second-order valence-electron chi connectivity index (χ2n) is 7.92. The lowest BCUT2D eigenvalue weighted by atomic mass is 9.87. The lowest BCUT2D eigenvalue weighted by Gasteiger charge is -2.17. The van der Waals surface area contributed by atoms with Crippen LogP contribution in [0.25, 0.3) is 11.1 Å². The third-order valence-corrected chi connectivity index (χ3v) is 5.33. The number of hydrogen-bond acceptors (Lipinski definition) is 0. The minimum Gasteiger partial charge on any atom is -0.0628 e. The van der Waals surface area contributed by atoms with E-state index in [1.54, 1.807) is 0 Å². The van der Waals surface area contributed by atoms with Crippen LogP contribution in [0.15, 0.2) is 84.9 Å². The molecule has 0 saturated carbocycles. The summed E-state index contributed by atoms with van der Waals surface area (Å²) < 4.78 is 0. The van der Waals surface area contributed by atoms with E-state index in [9.17, 15) is 0 Å². The van der Waals surface area contributed by atoms with Crippen molar-refractivity contribution in [3.05, 3.63) is 107 Å². The quantitative estimate of drug-likeness (QED) is 0.353. The SMILES string of the molecule is CC/C(=C(/c1ccccc1)c1ccc(CCCC(C)C)cc1)c1ccccc1. The van der Waals surface area contributed by atoms with Gasteiger partial charge in [0.15, 0.2) is 0 Å². The molecule has 0 radical (unpaired) electrons. The molecule has 0 fully saturated rings. The minimum absolute atomic E-state index is 0.782. The molecule has 0 heterocycles. The van der Waals surface area contributed by atoms with Crippen molar-refractivity contribution in [2.75, 3.05) is 0 Å². The van der Waals surface area contributed by atoms with E-state index in [4.69, 9.17) is 0 Å². The third-order valence-electron chi connectivity index (χ3n) is 5.33. The van der Waals surface area contributed by atoms with Crippen molar-refractivity contribution in [2.45, 2.75) is 46.5 Å². The highest BCUT2D eigenvalue weighted by Crippen LogP contribution is 2.34. The van der Waals surface area contributed by atoms with E-state index in [2.05, 4.69) is 106 Å². The van der Waals surface area contributed by atoms with Crippen molar-refractivity contribution in [1.29, 1.82) is 0 Å². The molecular formula is C28H32. The van der Waals surface area contributed by atoms with E-state index in [1.165, 1.54) is 52.7 Å². The minimum atomic E-state index is 0.782. The van der Waals surface area contributed by atoms with Gasteiger partial charge in [-0.25, -0.2) is 0 Å². The van der Waals surface area contributed by atoms with Gasteiger partial charge in [-0.3, -0.25) is 0 Å². The lowest BCUT2D eigenvalue weighted by molar-refractivity contribution is 0.556. The molecule has 0 bridgehead atoms. The summed E-state index contributed by atoms with van der Waals surface area (Å²) in [5.41, 5.74) is 8.09. The molecular weight excluding hydrogens is 336 g/mol. The zero-order valence-corrected chi connectivity index (χ0v) is 17.5. The Labute approximate surface area is 171 Å². The zero-order chi connectivity index (χ0) is 19.8. The Balaban J connectivity index is 2.00. The van der Waals surface area contributed by atoms with Crippen LogP contribution in [-0.2, 0) is 6.42 Å². The largest absolute Gasteiger partial charge is 0.0628 e. The van der Waals surface area contributed by atoms with E-state index < -0.39 is 0 Å². The van der Waals surface area contributed by atoms with Crippen LogP contribution in [0.1, 0.15) is 62.3 Å². The van der Waals surface area contributed by atoms with Gasteiger partial charge in [0, 0.05) is 0 Å². The summed E-state index contributed by atoms with van der Waals surface area (Å²) in [7, 11) is 0. The first kappa shape index (κ1) is 20.1. The molecule has 0 saturated heterocycles. The number of rotatable bonds is 8. The fourth-order valence-corrected chi connectivity index (χ4v) is 3.84. The molecule has 3 aromatic rings. The Morgan fingerprint density at radius 3 is 1.75 bits per heavy atom. The average Bonchev–Trinajstić information content (AvgIpc) is 2.73. The molecule has 0 N–H and O–H groups in total. The van der Waals surface area contributed by atoms with Gasteiger partial charge in [0.25, 0.3) is 0 Å². The molecule has 0 unspecified atom stereocenters. The fourth-order valence-electron chi connectivity index (χ4n) is 3.84. The van der Waals surface area contributed by atoms with E-state index >= 15 is 0 Å². The van der Waals surface area contributed by atoms with Gasteiger partial charge < -0.3 is 0 Å². The van der Waals surface area contributed by atoms with Crippen LogP contribution in [0, 0.1) is 5.92 Å². The summed E-state index contributed by atoms with van der Waals surface area (Å²) in [5, 5.41) is 0. The average molecular weight is 369 g/mol. The fraction of sp³-hybridized carbons (Fsp3) is 0.286. The summed E-state index contributed by atoms with van der Waals surface area (Å²) in [6.45, 7) is 6.86. The molecule has 0 atom stereocenters. The topological polar surface area (TPSA) is 0 Å². The second kappa shape index (κ2) is 10.1. The summed E-state index contributed by atoms with van der Waals surface area (Å²) in [6, 6.07) is 30.9. The van der Waals surface area contributed by atoms with Crippen LogP contribution < -0.4 is 0 Å². The Morgan fingerprint density at radius 1 is 0.679 bits per heavy atom. The monoisotopic (exact) mass is 368 g/mol. The van der Waals surface area contributed by atoms with Gasteiger partial charge in [-0.05, 0) is 58.6 Å². The molecule has 0 spiro atoms. The maximum absolute atomic E-state index is 2.32. The van der Waals surface area contributed by atoms with Gasteiger partial charge in [0.1, 0.15) is 0 Å². The molecule has 3 rings (SSSR count). The van der Waals surface area contributed by atoms with E-state index in [1.807, 2.05) is 0 Å². The normalized spacial score (nSPS) is 12.1. The van der Waals surface area contributed by atoms with Crippen molar-refractivity contribution in [3.8, 4) is 0 Å². The Hall–Kier alpha value is -2.60. The number of benzene rings is 3.